The zero-order valence-electron chi connectivity index (χ0n) is 9.75. The van der Waals surface area contributed by atoms with E-state index in [2.05, 4.69) is 10.3 Å². The first-order chi connectivity index (χ1) is 8.34. The smallest absolute Gasteiger partial charge is 0.348 e. The Hall–Kier alpha value is -1.15. The van der Waals surface area contributed by atoms with Crippen LogP contribution in [0.5, 0.6) is 0 Å². The molecule has 1 aromatic heterocycles. The SMILES string of the molecule is CCCC(N)C(=O)NCc1nc(C(F)(F)F)cs1. The highest BCUT2D eigenvalue weighted by molar-refractivity contribution is 7.09. The van der Waals surface area contributed by atoms with Gasteiger partial charge in [-0.1, -0.05) is 13.3 Å². The Morgan fingerprint density at radius 2 is 2.28 bits per heavy atom. The van der Waals surface area contributed by atoms with Crippen LogP contribution in [0, 0.1) is 0 Å². The van der Waals surface area contributed by atoms with Crippen LogP contribution < -0.4 is 11.1 Å². The summed E-state index contributed by atoms with van der Waals surface area (Å²) < 4.78 is 36.8. The molecule has 1 amide bonds. The number of alkyl halides is 3. The Labute approximate surface area is 106 Å². The van der Waals surface area contributed by atoms with Crippen LogP contribution in [0.4, 0.5) is 13.2 Å². The third kappa shape index (κ3) is 4.26. The number of carbonyl (C=O) groups excluding carboxylic acids is 1. The van der Waals surface area contributed by atoms with E-state index in [0.29, 0.717) is 6.42 Å². The van der Waals surface area contributed by atoms with Gasteiger partial charge < -0.3 is 11.1 Å². The van der Waals surface area contributed by atoms with E-state index >= 15 is 0 Å². The number of halogens is 3. The predicted octanol–water partition coefficient (Wildman–Crippen LogP) is 1.91. The van der Waals surface area contributed by atoms with Gasteiger partial charge in [-0.05, 0) is 6.42 Å². The molecule has 4 nitrogen and oxygen atoms in total. The van der Waals surface area contributed by atoms with Crippen molar-refractivity contribution < 1.29 is 18.0 Å². The molecule has 0 saturated carbocycles. The van der Waals surface area contributed by atoms with Gasteiger partial charge >= 0.3 is 6.18 Å². The van der Waals surface area contributed by atoms with E-state index in [1.54, 1.807) is 0 Å². The van der Waals surface area contributed by atoms with Crippen molar-refractivity contribution >= 4 is 17.2 Å². The van der Waals surface area contributed by atoms with Crippen molar-refractivity contribution in [1.29, 1.82) is 0 Å². The minimum absolute atomic E-state index is 0.0308. The topological polar surface area (TPSA) is 68.0 Å². The molecule has 1 atom stereocenters. The minimum Gasteiger partial charge on any atom is -0.348 e. The van der Waals surface area contributed by atoms with E-state index in [1.165, 1.54) is 0 Å². The Morgan fingerprint density at radius 3 is 2.78 bits per heavy atom. The molecule has 0 aliphatic rings. The van der Waals surface area contributed by atoms with Gasteiger partial charge in [0.15, 0.2) is 5.69 Å². The van der Waals surface area contributed by atoms with Crippen molar-refractivity contribution in [1.82, 2.24) is 10.3 Å². The predicted molar refractivity (Wildman–Crippen MR) is 61.8 cm³/mol. The van der Waals surface area contributed by atoms with Gasteiger partial charge in [0.2, 0.25) is 5.91 Å². The van der Waals surface area contributed by atoms with Gasteiger partial charge in [0.05, 0.1) is 12.6 Å². The summed E-state index contributed by atoms with van der Waals surface area (Å²) in [5.41, 5.74) is 4.62. The van der Waals surface area contributed by atoms with Crippen LogP contribution in [0.25, 0.3) is 0 Å². The number of nitrogens with one attached hydrogen (secondary N) is 1. The van der Waals surface area contributed by atoms with Gasteiger partial charge in [0.1, 0.15) is 5.01 Å². The van der Waals surface area contributed by atoms with Crippen LogP contribution >= 0.6 is 11.3 Å². The summed E-state index contributed by atoms with van der Waals surface area (Å²) in [6, 6.07) is -0.628. The molecule has 0 aliphatic heterocycles. The van der Waals surface area contributed by atoms with Gasteiger partial charge in [-0.15, -0.1) is 11.3 Å². The Morgan fingerprint density at radius 1 is 1.61 bits per heavy atom. The fourth-order valence-electron chi connectivity index (χ4n) is 1.26. The van der Waals surface area contributed by atoms with Crippen LogP contribution in [0.3, 0.4) is 0 Å². The van der Waals surface area contributed by atoms with Crippen molar-refractivity contribution in [2.24, 2.45) is 5.73 Å². The molecule has 0 fully saturated rings. The summed E-state index contributed by atoms with van der Waals surface area (Å²) in [5, 5.41) is 3.60. The first kappa shape index (κ1) is 14.9. The second kappa shape index (κ2) is 6.14. The molecule has 18 heavy (non-hydrogen) atoms. The van der Waals surface area contributed by atoms with E-state index < -0.39 is 17.9 Å². The number of amides is 1. The molecule has 0 bridgehead atoms. The number of nitrogens with two attached hydrogens (primary N) is 1. The average molecular weight is 281 g/mol. The third-order valence-electron chi connectivity index (χ3n) is 2.19. The molecule has 0 aromatic carbocycles. The first-order valence-corrected chi connectivity index (χ1v) is 6.27. The van der Waals surface area contributed by atoms with Gasteiger partial charge in [-0.25, -0.2) is 4.98 Å². The van der Waals surface area contributed by atoms with E-state index in [4.69, 9.17) is 5.73 Å². The van der Waals surface area contributed by atoms with Crippen LogP contribution in [0.1, 0.15) is 30.5 Å². The van der Waals surface area contributed by atoms with Gasteiger partial charge in [0.25, 0.3) is 0 Å². The van der Waals surface area contributed by atoms with Crippen molar-refractivity contribution in [3.63, 3.8) is 0 Å². The van der Waals surface area contributed by atoms with Gasteiger partial charge in [0, 0.05) is 5.38 Å². The van der Waals surface area contributed by atoms with Crippen LogP contribution in [0.2, 0.25) is 0 Å². The molecular formula is C10H14F3N3OS. The highest BCUT2D eigenvalue weighted by atomic mass is 32.1. The molecule has 0 saturated heterocycles. The number of hydrogen-bond acceptors (Lipinski definition) is 4. The summed E-state index contributed by atoms with van der Waals surface area (Å²) in [5.74, 6) is -0.374. The second-order valence-corrected chi connectivity index (χ2v) is 4.68. The number of nitrogens with zero attached hydrogens (tertiary/aromatic N) is 1. The monoisotopic (exact) mass is 281 g/mol. The lowest BCUT2D eigenvalue weighted by atomic mass is 10.2. The fourth-order valence-corrected chi connectivity index (χ4v) is 2.00. The number of rotatable bonds is 5. The van der Waals surface area contributed by atoms with E-state index in [-0.39, 0.29) is 17.5 Å². The highest BCUT2D eigenvalue weighted by Gasteiger charge is 2.33. The summed E-state index contributed by atoms with van der Waals surface area (Å²) in [4.78, 5) is 14.8. The third-order valence-corrected chi connectivity index (χ3v) is 3.04. The maximum Gasteiger partial charge on any atom is 0.434 e. The van der Waals surface area contributed by atoms with E-state index in [0.717, 1.165) is 23.1 Å². The number of thiazole rings is 1. The van der Waals surface area contributed by atoms with Crippen molar-refractivity contribution in [2.45, 2.75) is 38.5 Å². The molecule has 1 aromatic rings. The molecule has 0 radical (unpaired) electrons. The van der Waals surface area contributed by atoms with E-state index in [1.807, 2.05) is 6.92 Å². The number of carbonyl (C=O) groups is 1. The average Bonchev–Trinajstić information content (AvgIpc) is 2.74. The standard InChI is InChI=1S/C10H14F3N3OS/c1-2-3-6(14)9(17)15-4-8-16-7(5-18-8)10(11,12)13/h5-6H,2-4,14H2,1H3,(H,15,17). The molecule has 102 valence electrons. The lowest BCUT2D eigenvalue weighted by Crippen LogP contribution is -2.40. The van der Waals surface area contributed by atoms with Crippen LogP contribution in [-0.2, 0) is 17.5 Å². The lowest BCUT2D eigenvalue weighted by molar-refractivity contribution is -0.140. The van der Waals surface area contributed by atoms with Crippen molar-refractivity contribution in [3.8, 4) is 0 Å². The number of aromatic nitrogens is 1. The van der Waals surface area contributed by atoms with Gasteiger partial charge in [-0.2, -0.15) is 13.2 Å². The summed E-state index contributed by atoms with van der Waals surface area (Å²) in [6.45, 7) is 1.86. The fraction of sp³-hybridized carbons (Fsp3) is 0.600. The Bertz CT molecular complexity index is 405. The maximum absolute atomic E-state index is 12.3. The van der Waals surface area contributed by atoms with Crippen molar-refractivity contribution in [2.75, 3.05) is 0 Å². The second-order valence-electron chi connectivity index (χ2n) is 3.74. The Balaban J connectivity index is 2.49. The zero-order valence-corrected chi connectivity index (χ0v) is 10.6. The van der Waals surface area contributed by atoms with Crippen LogP contribution in [-0.4, -0.2) is 16.9 Å². The molecule has 0 spiro atoms. The quantitative estimate of drug-likeness (QED) is 0.866. The summed E-state index contributed by atoms with van der Waals surface area (Å²) >= 11 is 0.857. The zero-order chi connectivity index (χ0) is 13.8. The van der Waals surface area contributed by atoms with Gasteiger partial charge in [-0.3, -0.25) is 4.79 Å². The molecule has 3 N–H and O–H groups in total. The van der Waals surface area contributed by atoms with E-state index in [9.17, 15) is 18.0 Å². The largest absolute Gasteiger partial charge is 0.434 e. The highest BCUT2D eigenvalue weighted by Crippen LogP contribution is 2.29. The number of hydrogen-bond donors (Lipinski definition) is 2. The normalized spacial score (nSPS) is 13.4. The lowest BCUT2D eigenvalue weighted by Gasteiger charge is -2.09. The minimum atomic E-state index is -4.45. The first-order valence-electron chi connectivity index (χ1n) is 5.39. The summed E-state index contributed by atoms with van der Waals surface area (Å²) in [6.07, 6.45) is -3.14. The van der Waals surface area contributed by atoms with Crippen LogP contribution in [0.15, 0.2) is 5.38 Å². The Kier molecular flexibility index (Phi) is 5.09. The maximum atomic E-state index is 12.3. The molecule has 1 unspecified atom stereocenters. The molecular weight excluding hydrogens is 267 g/mol. The summed E-state index contributed by atoms with van der Waals surface area (Å²) in [7, 11) is 0. The molecule has 8 heteroatoms. The molecule has 1 heterocycles. The molecule has 1 rings (SSSR count). The van der Waals surface area contributed by atoms with Crippen molar-refractivity contribution in [3.05, 3.63) is 16.1 Å². The molecule has 0 aliphatic carbocycles.